The minimum absolute atomic E-state index is 0.406. The molecular weight excluding hydrogens is 390 g/mol. The van der Waals surface area contributed by atoms with E-state index in [1.54, 1.807) is 6.26 Å². The first-order valence-electron chi connectivity index (χ1n) is 11.7. The van der Waals surface area contributed by atoms with Gasteiger partial charge >= 0.3 is 0 Å². The summed E-state index contributed by atoms with van der Waals surface area (Å²) in [6.07, 6.45) is 7.90. The molecular formula is C25H35N3O3. The SMILES string of the molecule is c1coc(CCNC(=NCCCOCC2CCOC2)NC2CCc3ccccc3C2)c1. The lowest BCUT2D eigenvalue weighted by Gasteiger charge is -2.27. The molecule has 0 spiro atoms. The van der Waals surface area contributed by atoms with Gasteiger partial charge in [0.2, 0.25) is 0 Å². The van der Waals surface area contributed by atoms with Gasteiger partial charge in [-0.15, -0.1) is 0 Å². The molecule has 2 aromatic rings. The number of nitrogens with zero attached hydrogens (tertiary/aromatic N) is 1. The highest BCUT2D eigenvalue weighted by atomic mass is 16.5. The fourth-order valence-electron chi connectivity index (χ4n) is 4.25. The summed E-state index contributed by atoms with van der Waals surface area (Å²) in [6.45, 7) is 4.81. The first-order valence-corrected chi connectivity index (χ1v) is 11.7. The number of aliphatic imine (C=N–C) groups is 1. The molecule has 4 rings (SSSR count). The summed E-state index contributed by atoms with van der Waals surface area (Å²) in [5.74, 6) is 2.45. The van der Waals surface area contributed by atoms with Crippen LogP contribution in [0, 0.1) is 5.92 Å². The zero-order chi connectivity index (χ0) is 21.1. The fourth-order valence-corrected chi connectivity index (χ4v) is 4.25. The van der Waals surface area contributed by atoms with Crippen molar-refractivity contribution in [1.82, 2.24) is 10.6 Å². The van der Waals surface area contributed by atoms with Gasteiger partial charge in [-0.25, -0.2) is 0 Å². The van der Waals surface area contributed by atoms with Crippen LogP contribution < -0.4 is 10.6 Å². The molecule has 2 unspecified atom stereocenters. The van der Waals surface area contributed by atoms with Crippen LogP contribution in [-0.4, -0.2) is 51.5 Å². The van der Waals surface area contributed by atoms with Crippen LogP contribution in [-0.2, 0) is 28.7 Å². The van der Waals surface area contributed by atoms with E-state index in [-0.39, 0.29) is 0 Å². The molecule has 2 aliphatic rings. The molecule has 2 N–H and O–H groups in total. The van der Waals surface area contributed by atoms with Crippen LogP contribution in [0.4, 0.5) is 0 Å². The van der Waals surface area contributed by atoms with Gasteiger partial charge in [0.15, 0.2) is 5.96 Å². The Balaban J connectivity index is 1.24. The minimum atomic E-state index is 0.406. The highest BCUT2D eigenvalue weighted by molar-refractivity contribution is 5.80. The fraction of sp³-hybridized carbons (Fsp3) is 0.560. The Labute approximate surface area is 185 Å². The summed E-state index contributed by atoms with van der Waals surface area (Å²) < 4.78 is 16.7. The van der Waals surface area contributed by atoms with Gasteiger partial charge in [-0.1, -0.05) is 24.3 Å². The van der Waals surface area contributed by atoms with Gasteiger partial charge in [0.25, 0.3) is 0 Å². The number of furan rings is 1. The van der Waals surface area contributed by atoms with Gasteiger partial charge in [0, 0.05) is 44.7 Å². The maximum atomic E-state index is 5.82. The Bertz CT molecular complexity index is 800. The van der Waals surface area contributed by atoms with Gasteiger partial charge in [-0.3, -0.25) is 4.99 Å². The van der Waals surface area contributed by atoms with E-state index in [0.717, 1.165) is 89.8 Å². The lowest BCUT2D eigenvalue weighted by molar-refractivity contribution is 0.0893. The maximum Gasteiger partial charge on any atom is 0.191 e. The van der Waals surface area contributed by atoms with Crippen molar-refractivity contribution in [2.75, 3.05) is 39.5 Å². The van der Waals surface area contributed by atoms with Crippen molar-refractivity contribution in [3.63, 3.8) is 0 Å². The van der Waals surface area contributed by atoms with Gasteiger partial charge in [0.1, 0.15) is 5.76 Å². The minimum Gasteiger partial charge on any atom is -0.469 e. The van der Waals surface area contributed by atoms with E-state index >= 15 is 0 Å². The molecule has 1 aromatic heterocycles. The topological polar surface area (TPSA) is 68.0 Å². The predicted molar refractivity (Wildman–Crippen MR) is 122 cm³/mol. The third-order valence-electron chi connectivity index (χ3n) is 6.03. The number of nitrogens with one attached hydrogen (secondary N) is 2. The predicted octanol–water partition coefficient (Wildman–Crippen LogP) is 3.36. The Morgan fingerprint density at radius 3 is 2.90 bits per heavy atom. The normalized spacial score (nSPS) is 21.1. The van der Waals surface area contributed by atoms with Crippen LogP contribution in [0.1, 0.15) is 36.1 Å². The molecule has 1 aliphatic heterocycles. The van der Waals surface area contributed by atoms with Gasteiger partial charge in [-0.2, -0.15) is 0 Å². The monoisotopic (exact) mass is 425 g/mol. The molecule has 0 saturated carbocycles. The highest BCUT2D eigenvalue weighted by Crippen LogP contribution is 2.21. The van der Waals surface area contributed by atoms with Crippen molar-refractivity contribution in [3.05, 3.63) is 59.5 Å². The molecule has 0 radical (unpaired) electrons. The van der Waals surface area contributed by atoms with E-state index in [1.165, 1.54) is 11.1 Å². The summed E-state index contributed by atoms with van der Waals surface area (Å²) in [7, 11) is 0. The summed E-state index contributed by atoms with van der Waals surface area (Å²) >= 11 is 0. The number of aryl methyl sites for hydroxylation is 1. The lowest BCUT2D eigenvalue weighted by atomic mass is 9.88. The summed E-state index contributed by atoms with van der Waals surface area (Å²) in [5.41, 5.74) is 2.93. The average molecular weight is 426 g/mol. The summed E-state index contributed by atoms with van der Waals surface area (Å²) in [6, 6.07) is 13.1. The van der Waals surface area contributed by atoms with E-state index in [0.29, 0.717) is 12.0 Å². The number of ether oxygens (including phenoxy) is 2. The summed E-state index contributed by atoms with van der Waals surface area (Å²) in [5, 5.41) is 7.15. The van der Waals surface area contributed by atoms with Crippen molar-refractivity contribution in [2.24, 2.45) is 10.9 Å². The standard InChI is InChI=1S/C25H35N3O3/c1-2-6-22-17-23(9-8-21(22)5-1)28-25(27-13-10-24-7-3-15-31-24)26-12-4-14-29-18-20-11-16-30-19-20/h1-3,5-7,15,20,23H,4,8-14,16-19H2,(H2,26,27,28). The molecule has 0 amide bonds. The molecule has 6 nitrogen and oxygen atoms in total. The molecule has 1 fully saturated rings. The molecule has 1 aromatic carbocycles. The Kier molecular flexibility index (Phi) is 8.42. The molecule has 31 heavy (non-hydrogen) atoms. The molecule has 168 valence electrons. The van der Waals surface area contributed by atoms with E-state index in [1.807, 2.05) is 12.1 Å². The quantitative estimate of drug-likeness (QED) is 0.347. The molecule has 2 atom stereocenters. The molecule has 1 aliphatic carbocycles. The van der Waals surface area contributed by atoms with Crippen molar-refractivity contribution in [2.45, 2.75) is 44.6 Å². The number of fused-ring (bicyclic) bond motifs is 1. The second-order valence-electron chi connectivity index (χ2n) is 8.50. The number of hydrogen-bond acceptors (Lipinski definition) is 4. The molecule has 0 bridgehead atoms. The zero-order valence-electron chi connectivity index (χ0n) is 18.4. The van der Waals surface area contributed by atoms with Gasteiger partial charge < -0.3 is 24.5 Å². The van der Waals surface area contributed by atoms with Crippen molar-refractivity contribution >= 4 is 5.96 Å². The Morgan fingerprint density at radius 1 is 1.13 bits per heavy atom. The Morgan fingerprint density at radius 2 is 2.06 bits per heavy atom. The van der Waals surface area contributed by atoms with Crippen molar-refractivity contribution in [3.8, 4) is 0 Å². The number of guanidine groups is 1. The number of rotatable bonds is 10. The lowest BCUT2D eigenvalue weighted by Crippen LogP contribution is -2.46. The Hall–Kier alpha value is -2.31. The van der Waals surface area contributed by atoms with E-state index in [4.69, 9.17) is 18.9 Å². The van der Waals surface area contributed by atoms with Gasteiger partial charge in [0.05, 0.1) is 19.5 Å². The first-order chi connectivity index (χ1) is 15.4. The number of benzene rings is 1. The van der Waals surface area contributed by atoms with E-state index in [2.05, 4.69) is 34.9 Å². The van der Waals surface area contributed by atoms with E-state index in [9.17, 15) is 0 Å². The zero-order valence-corrected chi connectivity index (χ0v) is 18.4. The third kappa shape index (κ3) is 7.11. The van der Waals surface area contributed by atoms with Crippen LogP contribution in [0.5, 0.6) is 0 Å². The second-order valence-corrected chi connectivity index (χ2v) is 8.50. The first kappa shape index (κ1) is 21.9. The second kappa shape index (κ2) is 11.9. The van der Waals surface area contributed by atoms with E-state index < -0.39 is 0 Å². The smallest absolute Gasteiger partial charge is 0.191 e. The van der Waals surface area contributed by atoms with Crippen LogP contribution in [0.3, 0.4) is 0 Å². The van der Waals surface area contributed by atoms with Crippen LogP contribution in [0.25, 0.3) is 0 Å². The molecule has 6 heteroatoms. The summed E-state index contributed by atoms with van der Waals surface area (Å²) in [4.78, 5) is 4.82. The van der Waals surface area contributed by atoms with Crippen molar-refractivity contribution in [1.29, 1.82) is 0 Å². The van der Waals surface area contributed by atoms with Crippen molar-refractivity contribution < 1.29 is 13.9 Å². The molecule has 1 saturated heterocycles. The van der Waals surface area contributed by atoms with Gasteiger partial charge in [-0.05, 0) is 55.4 Å². The number of hydrogen-bond donors (Lipinski definition) is 2. The largest absolute Gasteiger partial charge is 0.469 e. The third-order valence-corrected chi connectivity index (χ3v) is 6.03. The van der Waals surface area contributed by atoms with Crippen LogP contribution in [0.2, 0.25) is 0 Å². The molecule has 2 heterocycles. The average Bonchev–Trinajstić information content (AvgIpc) is 3.50. The maximum absolute atomic E-state index is 5.82. The van der Waals surface area contributed by atoms with Crippen LogP contribution >= 0.6 is 0 Å². The highest BCUT2D eigenvalue weighted by Gasteiger charge is 2.19. The van der Waals surface area contributed by atoms with Crippen LogP contribution in [0.15, 0.2) is 52.1 Å².